The van der Waals surface area contributed by atoms with Gasteiger partial charge >= 0.3 is 28.4 Å². The first kappa shape index (κ1) is 40.2. The van der Waals surface area contributed by atoms with Crippen LogP contribution in [0.3, 0.4) is 0 Å². The number of rotatable bonds is 10. The average molecular weight is 794 g/mol. The SMILES string of the molecule is O=C(O)c1ccc(C(S)C(=S)c2ccc(S(=O)(=O)[O-])cc2)cc1.O=C(O)c1ccc(C(S)C(=S)c2ccc(S(=O)(=O)[O-])cc2)cc1.[Ni+2]. The number of thiol groups is 2. The van der Waals surface area contributed by atoms with E-state index in [4.69, 9.17) is 34.6 Å². The fourth-order valence-electron chi connectivity index (χ4n) is 3.81. The van der Waals surface area contributed by atoms with Gasteiger partial charge < -0.3 is 19.3 Å². The molecule has 0 radical (unpaired) electrons. The summed E-state index contributed by atoms with van der Waals surface area (Å²) in [4.78, 5) is 21.9. The predicted molar refractivity (Wildman–Crippen MR) is 182 cm³/mol. The van der Waals surface area contributed by atoms with Crippen LogP contribution in [0.15, 0.2) is 107 Å². The van der Waals surface area contributed by atoms with E-state index in [0.29, 0.717) is 32.0 Å². The summed E-state index contributed by atoms with van der Waals surface area (Å²) in [7, 11) is -9.00. The Hall–Kier alpha value is -2.99. The van der Waals surface area contributed by atoms with Crippen LogP contribution in [0.1, 0.15) is 53.5 Å². The molecule has 4 rings (SSSR count). The van der Waals surface area contributed by atoms with E-state index in [-0.39, 0.29) is 37.4 Å². The third-order valence-corrected chi connectivity index (χ3v) is 10.4. The predicted octanol–water partition coefficient (Wildman–Crippen LogP) is 5.35. The van der Waals surface area contributed by atoms with Gasteiger partial charge in [0, 0.05) is 9.73 Å². The molecule has 0 bridgehead atoms. The molecule has 0 heterocycles. The number of carboxylic acids is 2. The Morgan fingerprint density at radius 2 is 0.766 bits per heavy atom. The number of aromatic carboxylic acids is 2. The molecule has 0 aromatic heterocycles. The number of hydrogen-bond acceptors (Lipinski definition) is 12. The van der Waals surface area contributed by atoms with Crippen LogP contribution in [-0.4, -0.2) is 57.8 Å². The van der Waals surface area contributed by atoms with Crippen LogP contribution in [0.25, 0.3) is 0 Å². The Kier molecular flexibility index (Phi) is 14.5. The monoisotopic (exact) mass is 792 g/mol. The molecule has 0 aliphatic rings. The molecule has 2 atom stereocenters. The molecular formula is C30H22NiO10S6. The summed E-state index contributed by atoms with van der Waals surface area (Å²) < 4.78 is 65.4. The van der Waals surface area contributed by atoms with Gasteiger partial charge in [-0.1, -0.05) is 73.0 Å². The molecule has 2 unspecified atom stereocenters. The number of thiocarbonyl (C=S) groups is 2. The van der Waals surface area contributed by atoms with Crippen LogP contribution in [0.4, 0.5) is 0 Å². The van der Waals surface area contributed by atoms with Crippen molar-refractivity contribution in [2.75, 3.05) is 0 Å². The van der Waals surface area contributed by atoms with Gasteiger partial charge in [0.2, 0.25) is 0 Å². The van der Waals surface area contributed by atoms with E-state index in [1.165, 1.54) is 72.8 Å². The molecule has 10 nitrogen and oxygen atoms in total. The van der Waals surface area contributed by atoms with Crippen LogP contribution in [0.2, 0.25) is 0 Å². The van der Waals surface area contributed by atoms with Crippen LogP contribution in [0.5, 0.6) is 0 Å². The van der Waals surface area contributed by atoms with Gasteiger partial charge in [-0.3, -0.25) is 0 Å². The van der Waals surface area contributed by atoms with Gasteiger partial charge in [0.15, 0.2) is 0 Å². The van der Waals surface area contributed by atoms with Gasteiger partial charge in [0.05, 0.1) is 31.4 Å². The molecule has 47 heavy (non-hydrogen) atoms. The molecule has 0 fully saturated rings. The summed E-state index contributed by atoms with van der Waals surface area (Å²) in [6, 6.07) is 22.8. The summed E-state index contributed by atoms with van der Waals surface area (Å²) in [6.45, 7) is 0. The second kappa shape index (κ2) is 16.9. The molecule has 0 aliphatic heterocycles. The van der Waals surface area contributed by atoms with Crippen molar-refractivity contribution in [3.8, 4) is 0 Å². The van der Waals surface area contributed by atoms with Crippen molar-refractivity contribution >= 4 is 91.6 Å². The standard InChI is InChI=1S/2C15H12O5S3.Ni/c2*16-15(17)11-3-1-9(2-4-11)13(21)14(22)10-5-7-12(8-6-10)23(18,19)20;/h2*1-8,13,21H,(H,16,17)(H,18,19,20);/q;;+2/p-2. The summed E-state index contributed by atoms with van der Waals surface area (Å²) in [6.07, 6.45) is 0. The van der Waals surface area contributed by atoms with Gasteiger partial charge in [0.25, 0.3) is 0 Å². The minimum Gasteiger partial charge on any atom is -0.744 e. The first-order chi connectivity index (χ1) is 21.4. The normalized spacial score (nSPS) is 12.3. The van der Waals surface area contributed by atoms with Crippen molar-refractivity contribution in [3.63, 3.8) is 0 Å². The van der Waals surface area contributed by atoms with Crippen LogP contribution in [0, 0.1) is 0 Å². The van der Waals surface area contributed by atoms with Crippen molar-refractivity contribution in [1.29, 1.82) is 0 Å². The summed E-state index contributed by atoms with van der Waals surface area (Å²) in [5, 5.41) is 16.8. The fourth-order valence-corrected chi connectivity index (χ4v) is 5.93. The van der Waals surface area contributed by atoms with Crippen LogP contribution < -0.4 is 0 Å². The fraction of sp³-hybridized carbons (Fsp3) is 0.0667. The molecule has 0 spiro atoms. The average Bonchev–Trinajstić information content (AvgIpc) is 3.03. The van der Waals surface area contributed by atoms with E-state index >= 15 is 0 Å². The molecular weight excluding hydrogens is 771 g/mol. The van der Waals surface area contributed by atoms with E-state index in [0.717, 1.165) is 0 Å². The maximum atomic E-state index is 10.9. The molecule has 17 heteroatoms. The van der Waals surface area contributed by atoms with E-state index in [1.807, 2.05) is 0 Å². The van der Waals surface area contributed by atoms with Gasteiger partial charge in [-0.15, -0.1) is 0 Å². The van der Waals surface area contributed by atoms with Gasteiger partial charge in [0.1, 0.15) is 20.2 Å². The Bertz CT molecular complexity index is 1830. The Morgan fingerprint density at radius 1 is 0.532 bits per heavy atom. The Morgan fingerprint density at radius 3 is 0.979 bits per heavy atom. The first-order valence-electron chi connectivity index (χ1n) is 12.6. The van der Waals surface area contributed by atoms with Gasteiger partial charge in [-0.2, -0.15) is 25.3 Å². The van der Waals surface area contributed by atoms with E-state index < -0.39 is 42.7 Å². The minimum absolute atomic E-state index is 0. The quantitative estimate of drug-likeness (QED) is 0.0531. The number of benzene rings is 4. The second-order valence-electron chi connectivity index (χ2n) is 9.34. The molecule has 2 N–H and O–H groups in total. The third kappa shape index (κ3) is 11.0. The zero-order valence-corrected chi connectivity index (χ0v) is 29.4. The maximum Gasteiger partial charge on any atom is 2.00 e. The van der Waals surface area contributed by atoms with Crippen molar-refractivity contribution in [3.05, 3.63) is 130 Å². The second-order valence-corrected chi connectivity index (χ2v) is 14.0. The van der Waals surface area contributed by atoms with Crippen molar-refractivity contribution < 1.29 is 62.2 Å². The third-order valence-electron chi connectivity index (χ3n) is 6.30. The first-order valence-corrected chi connectivity index (χ1v) is 17.3. The molecule has 0 aliphatic carbocycles. The molecule has 4 aromatic rings. The molecule has 248 valence electrons. The van der Waals surface area contributed by atoms with Crippen LogP contribution in [-0.2, 0) is 36.7 Å². The van der Waals surface area contributed by atoms with Crippen molar-refractivity contribution in [2.45, 2.75) is 20.3 Å². The molecule has 0 saturated carbocycles. The zero-order valence-electron chi connectivity index (χ0n) is 23.4. The maximum absolute atomic E-state index is 10.9. The molecule has 4 aromatic carbocycles. The van der Waals surface area contributed by atoms with Gasteiger partial charge in [-0.25, -0.2) is 26.4 Å². The topological polar surface area (TPSA) is 189 Å². The van der Waals surface area contributed by atoms with E-state index in [1.54, 1.807) is 24.3 Å². The Labute approximate surface area is 302 Å². The van der Waals surface area contributed by atoms with Gasteiger partial charge in [-0.05, 0) is 70.8 Å². The summed E-state index contributed by atoms with van der Waals surface area (Å²) >= 11 is 19.5. The number of hydrogen-bond donors (Lipinski definition) is 4. The summed E-state index contributed by atoms with van der Waals surface area (Å²) in [5.41, 5.74) is 2.87. The van der Waals surface area contributed by atoms with E-state index in [2.05, 4.69) is 25.3 Å². The number of carbonyl (C=O) groups is 2. The van der Waals surface area contributed by atoms with Crippen LogP contribution >= 0.6 is 49.7 Å². The minimum atomic E-state index is -4.50. The Balaban J connectivity index is 0.000000320. The zero-order chi connectivity index (χ0) is 34.4. The smallest absolute Gasteiger partial charge is 0.744 e. The summed E-state index contributed by atoms with van der Waals surface area (Å²) in [5.74, 6) is -2.05. The molecule has 0 saturated heterocycles. The number of carboxylic acid groups (broad SMARTS) is 2. The van der Waals surface area contributed by atoms with E-state index in [9.17, 15) is 35.5 Å². The van der Waals surface area contributed by atoms with Crippen molar-refractivity contribution in [2.24, 2.45) is 0 Å². The largest absolute Gasteiger partial charge is 2.00 e. The molecule has 0 amide bonds. The van der Waals surface area contributed by atoms with Crippen molar-refractivity contribution in [1.82, 2.24) is 0 Å².